The van der Waals surface area contributed by atoms with Gasteiger partial charge >= 0.3 is 8.80 Å². The van der Waals surface area contributed by atoms with Crippen molar-refractivity contribution in [3.05, 3.63) is 0 Å². The Morgan fingerprint density at radius 1 is 0.826 bits per heavy atom. The van der Waals surface area contributed by atoms with Gasteiger partial charge in [-0.2, -0.15) is 0 Å². The molecular formula is C18H39NO3Si. The lowest BCUT2D eigenvalue weighted by molar-refractivity contribution is -0.0125. The molecule has 1 fully saturated rings. The van der Waals surface area contributed by atoms with Crippen LogP contribution in [0, 0.1) is 5.92 Å². The summed E-state index contributed by atoms with van der Waals surface area (Å²) in [5.74, 6) is 0.621. The number of nitrogens with two attached hydrogens (primary N) is 1. The van der Waals surface area contributed by atoms with Crippen molar-refractivity contribution >= 4 is 8.80 Å². The topological polar surface area (TPSA) is 53.7 Å². The molecule has 0 aromatic heterocycles. The highest BCUT2D eigenvalue weighted by atomic mass is 28.4. The van der Waals surface area contributed by atoms with Crippen LogP contribution >= 0.6 is 0 Å². The lowest BCUT2D eigenvalue weighted by Crippen LogP contribution is -2.56. The maximum absolute atomic E-state index is 6.47. The maximum atomic E-state index is 6.47. The predicted molar refractivity (Wildman–Crippen MR) is 98.4 cm³/mol. The second-order valence-electron chi connectivity index (χ2n) is 7.69. The number of hydrogen-bond acceptors (Lipinski definition) is 4. The van der Waals surface area contributed by atoms with Crippen LogP contribution in [-0.4, -0.2) is 33.7 Å². The van der Waals surface area contributed by atoms with Gasteiger partial charge in [-0.1, -0.05) is 32.1 Å². The fraction of sp³-hybridized carbons (Fsp3) is 1.00. The highest BCUT2D eigenvalue weighted by molar-refractivity contribution is 6.62. The SMILES string of the molecule is CC(C)O[Si](OC(C)C)(OC(C)C)C(CCN)C1CCCCC1. The molecule has 1 aliphatic carbocycles. The average molecular weight is 346 g/mol. The number of hydrogen-bond donors (Lipinski definition) is 1. The predicted octanol–water partition coefficient (Wildman–Crippen LogP) is 4.50. The molecule has 1 saturated carbocycles. The molecular weight excluding hydrogens is 306 g/mol. The fourth-order valence-electron chi connectivity index (χ4n) is 3.75. The normalized spacial score (nSPS) is 19.0. The van der Waals surface area contributed by atoms with E-state index in [1.807, 2.05) is 0 Å². The lowest BCUT2D eigenvalue weighted by atomic mass is 9.85. The minimum absolute atomic E-state index is 0.100. The molecule has 0 saturated heterocycles. The van der Waals surface area contributed by atoms with E-state index in [0.717, 1.165) is 6.42 Å². The summed E-state index contributed by atoms with van der Waals surface area (Å²) < 4.78 is 19.4. The van der Waals surface area contributed by atoms with Crippen LogP contribution in [0.25, 0.3) is 0 Å². The Morgan fingerprint density at radius 2 is 1.26 bits per heavy atom. The van der Waals surface area contributed by atoms with E-state index >= 15 is 0 Å². The Morgan fingerprint density at radius 3 is 1.61 bits per heavy atom. The third-order valence-electron chi connectivity index (χ3n) is 4.35. The maximum Gasteiger partial charge on any atom is 0.505 e. The van der Waals surface area contributed by atoms with Crippen molar-refractivity contribution in [1.29, 1.82) is 0 Å². The third-order valence-corrected chi connectivity index (χ3v) is 8.42. The molecule has 23 heavy (non-hydrogen) atoms. The van der Waals surface area contributed by atoms with Crippen LogP contribution in [0.5, 0.6) is 0 Å². The Bertz CT molecular complexity index is 291. The van der Waals surface area contributed by atoms with Gasteiger partial charge in [-0.05, 0) is 60.4 Å². The molecule has 2 N–H and O–H groups in total. The quantitative estimate of drug-likeness (QED) is 0.592. The Kier molecular flexibility index (Phi) is 9.30. The molecule has 1 unspecified atom stereocenters. The Labute approximate surface area is 144 Å². The monoisotopic (exact) mass is 345 g/mol. The van der Waals surface area contributed by atoms with Gasteiger partial charge in [-0.3, -0.25) is 0 Å². The molecule has 0 spiro atoms. The van der Waals surface area contributed by atoms with E-state index in [1.165, 1.54) is 32.1 Å². The van der Waals surface area contributed by atoms with Crippen LogP contribution in [0.4, 0.5) is 0 Å². The van der Waals surface area contributed by atoms with Crippen LogP contribution in [-0.2, 0) is 13.3 Å². The van der Waals surface area contributed by atoms with E-state index in [-0.39, 0.29) is 18.3 Å². The first kappa shape index (κ1) is 21.1. The van der Waals surface area contributed by atoms with Crippen LogP contribution in [0.2, 0.25) is 5.54 Å². The van der Waals surface area contributed by atoms with E-state index in [9.17, 15) is 0 Å². The van der Waals surface area contributed by atoms with Gasteiger partial charge in [0.2, 0.25) is 0 Å². The average Bonchev–Trinajstić information content (AvgIpc) is 2.43. The van der Waals surface area contributed by atoms with Crippen molar-refractivity contribution in [2.75, 3.05) is 6.54 Å². The zero-order valence-electron chi connectivity index (χ0n) is 16.1. The second-order valence-corrected chi connectivity index (χ2v) is 10.3. The van der Waals surface area contributed by atoms with Crippen molar-refractivity contribution in [2.45, 2.75) is 104 Å². The van der Waals surface area contributed by atoms with Crippen LogP contribution < -0.4 is 5.73 Å². The molecule has 0 heterocycles. The van der Waals surface area contributed by atoms with Gasteiger partial charge in [0.15, 0.2) is 0 Å². The highest BCUT2D eigenvalue weighted by Gasteiger charge is 2.54. The van der Waals surface area contributed by atoms with E-state index in [2.05, 4.69) is 41.5 Å². The van der Waals surface area contributed by atoms with Gasteiger partial charge in [-0.15, -0.1) is 0 Å². The van der Waals surface area contributed by atoms with Crippen LogP contribution in [0.15, 0.2) is 0 Å². The molecule has 1 rings (SSSR count). The summed E-state index contributed by atoms with van der Waals surface area (Å²) in [5, 5.41) is 0. The van der Waals surface area contributed by atoms with Crippen LogP contribution in [0.3, 0.4) is 0 Å². The molecule has 0 aromatic rings. The fourth-order valence-corrected chi connectivity index (χ4v) is 7.84. The lowest BCUT2D eigenvalue weighted by Gasteiger charge is -2.43. The highest BCUT2D eigenvalue weighted by Crippen LogP contribution is 2.44. The zero-order chi connectivity index (χ0) is 17.5. The number of rotatable bonds is 10. The van der Waals surface area contributed by atoms with Gasteiger partial charge < -0.3 is 19.0 Å². The molecule has 0 amide bonds. The molecule has 1 aliphatic rings. The summed E-state index contributed by atoms with van der Waals surface area (Å²) in [6.07, 6.45) is 7.70. The van der Waals surface area contributed by atoms with Crippen LogP contribution in [0.1, 0.15) is 80.1 Å². The van der Waals surface area contributed by atoms with Gasteiger partial charge in [0.25, 0.3) is 0 Å². The summed E-state index contributed by atoms with van der Waals surface area (Å²) in [5.41, 5.74) is 6.30. The van der Waals surface area contributed by atoms with Gasteiger partial charge in [0.1, 0.15) is 0 Å². The van der Waals surface area contributed by atoms with Gasteiger partial charge in [0.05, 0.1) is 0 Å². The standard InChI is InChI=1S/C18H39NO3Si/c1-14(2)20-23(21-15(3)4,22-16(5)6)18(12-13-19)17-10-8-7-9-11-17/h14-18H,7-13,19H2,1-6H3. The molecule has 0 aliphatic heterocycles. The smallest absolute Gasteiger partial charge is 0.371 e. The summed E-state index contributed by atoms with van der Waals surface area (Å²) in [6.45, 7) is 13.1. The van der Waals surface area contributed by atoms with Crippen molar-refractivity contribution in [3.63, 3.8) is 0 Å². The molecule has 1 atom stereocenters. The summed E-state index contributed by atoms with van der Waals surface area (Å²) in [6, 6.07) is 0. The summed E-state index contributed by atoms with van der Waals surface area (Å²) >= 11 is 0. The Balaban J connectivity index is 3.15. The zero-order valence-corrected chi connectivity index (χ0v) is 17.1. The van der Waals surface area contributed by atoms with E-state index in [1.54, 1.807) is 0 Å². The first-order valence-electron chi connectivity index (χ1n) is 9.54. The molecule has 0 bridgehead atoms. The van der Waals surface area contributed by atoms with E-state index in [4.69, 9.17) is 19.0 Å². The molecule has 0 aromatic carbocycles. The molecule has 5 heteroatoms. The van der Waals surface area contributed by atoms with E-state index < -0.39 is 8.80 Å². The largest absolute Gasteiger partial charge is 0.505 e. The van der Waals surface area contributed by atoms with Crippen molar-refractivity contribution in [3.8, 4) is 0 Å². The molecule has 4 nitrogen and oxygen atoms in total. The summed E-state index contributed by atoms with van der Waals surface area (Å²) in [7, 11) is -2.80. The van der Waals surface area contributed by atoms with Gasteiger partial charge in [0, 0.05) is 23.9 Å². The molecule has 138 valence electrons. The first-order valence-corrected chi connectivity index (χ1v) is 11.3. The molecule has 0 radical (unpaired) electrons. The third kappa shape index (κ3) is 6.82. The first-order chi connectivity index (χ1) is 10.8. The minimum atomic E-state index is -2.80. The second kappa shape index (κ2) is 10.1. The Hall–Kier alpha value is 0.0569. The minimum Gasteiger partial charge on any atom is -0.371 e. The van der Waals surface area contributed by atoms with Crippen molar-refractivity contribution in [1.82, 2.24) is 0 Å². The van der Waals surface area contributed by atoms with Crippen molar-refractivity contribution < 1.29 is 13.3 Å². The van der Waals surface area contributed by atoms with E-state index in [0.29, 0.717) is 18.0 Å². The van der Waals surface area contributed by atoms with Crippen molar-refractivity contribution in [2.24, 2.45) is 11.7 Å². The summed E-state index contributed by atoms with van der Waals surface area (Å²) in [4.78, 5) is 0. The van der Waals surface area contributed by atoms with Gasteiger partial charge in [-0.25, -0.2) is 0 Å².